The second kappa shape index (κ2) is 21.3. The van der Waals surface area contributed by atoms with Gasteiger partial charge in [-0.3, -0.25) is 12.9 Å². The Kier molecular flexibility index (Phi) is 15.2. The molecule has 0 unspecified atom stereocenters. The van der Waals surface area contributed by atoms with Gasteiger partial charge >= 0.3 is 60.7 Å². The second-order valence-electron chi connectivity index (χ2n) is 14.1. The van der Waals surface area contributed by atoms with Gasteiger partial charge in [-0.15, -0.1) is 15.0 Å². The van der Waals surface area contributed by atoms with E-state index < -0.39 is 93.1 Å². The lowest BCUT2D eigenvalue weighted by atomic mass is 10.1. The molecule has 1 heterocycles. The topological polar surface area (TPSA) is 234 Å². The summed E-state index contributed by atoms with van der Waals surface area (Å²) in [4.78, 5) is 11.1. The smallest absolute Gasteiger partial charge is 0.424 e. The molecule has 6 aromatic carbocycles. The monoisotopic (exact) mass is 1060 g/mol. The highest BCUT2D eigenvalue weighted by Crippen LogP contribution is 2.31. The highest BCUT2D eigenvalue weighted by molar-refractivity contribution is 7.87. The fourth-order valence-electron chi connectivity index (χ4n) is 5.66. The molecule has 0 aliphatic heterocycles. The van der Waals surface area contributed by atoms with E-state index >= 15 is 0 Å². The summed E-state index contributed by atoms with van der Waals surface area (Å²) in [5.74, 6) is -0.375. The minimum Gasteiger partial charge on any atom is -0.424 e. The number of benzene rings is 6. The molecule has 27 heteroatoms. The van der Waals surface area contributed by atoms with Gasteiger partial charge in [0.1, 0.15) is 31.9 Å². The molecule has 0 radical (unpaired) electrons. The van der Waals surface area contributed by atoms with Crippen LogP contribution in [-0.4, -0.2) is 69.7 Å². The zero-order valence-corrected chi connectivity index (χ0v) is 38.6. The average molecular weight is 1060 g/mol. The molecule has 0 atom stereocenters. The van der Waals surface area contributed by atoms with E-state index in [4.69, 9.17) is 18.5 Å². The number of halogens is 6. The number of nitrogens with zero attached hydrogens (tertiary/aromatic N) is 6. The second-order valence-corrected chi connectivity index (χ2v) is 18.7. The first-order chi connectivity index (χ1) is 34.1. The van der Waals surface area contributed by atoms with Crippen molar-refractivity contribution in [2.24, 2.45) is 15.5 Å². The zero-order chi connectivity index (χ0) is 51.7. The third-order valence-electron chi connectivity index (χ3n) is 9.09. The summed E-state index contributed by atoms with van der Waals surface area (Å²) < 4.78 is 190. The highest BCUT2D eigenvalue weighted by Gasteiger charge is 2.40. The molecule has 7 rings (SSSR count). The van der Waals surface area contributed by atoms with E-state index in [9.17, 15) is 51.6 Å². The average Bonchev–Trinajstić information content (AvgIpc) is 3.34. The summed E-state index contributed by atoms with van der Waals surface area (Å²) in [5, 5.41) is 9.51. The van der Waals surface area contributed by atoms with Crippen molar-refractivity contribution in [2.75, 3.05) is 0 Å². The Morgan fingerprint density at radius 3 is 0.931 bits per heavy atom. The normalized spacial score (nSPS) is 13.0. The van der Waals surface area contributed by atoms with Gasteiger partial charge in [-0.1, -0.05) is 70.1 Å². The number of oxime groups is 3. The molecule has 0 N–H and O–H groups in total. The van der Waals surface area contributed by atoms with Crippen LogP contribution < -0.4 is 14.2 Å². The molecule has 0 aliphatic carbocycles. The zero-order valence-electron chi connectivity index (χ0n) is 36.2. The Balaban J connectivity index is 1.15. The molecule has 1 aromatic heterocycles. The SMILES string of the molecule is C/C(=N\OS(=O)(=O)c1ccccc1)c1ccc(Oc2nc(Oc3ccc(/C(=N/OS(=O)(=O)c4ccccc4)C(F)(F)F)cc3)nc(Oc3ccc(/C(=N/OS(=O)(=O)c4ccccc4)C(F)(F)F)cc3)n2)cc1. The lowest BCUT2D eigenvalue weighted by Gasteiger charge is -2.12. The predicted octanol–water partition coefficient (Wildman–Crippen LogP) is 9.72. The molecule has 0 saturated carbocycles. The van der Waals surface area contributed by atoms with Crippen LogP contribution in [0.1, 0.15) is 23.6 Å². The van der Waals surface area contributed by atoms with Crippen LogP contribution >= 0.6 is 0 Å². The highest BCUT2D eigenvalue weighted by atomic mass is 32.2. The number of hydrogen-bond donors (Lipinski definition) is 0. The molecular weight excluding hydrogens is 1030 g/mol. The first-order valence-corrected chi connectivity index (χ1v) is 24.2. The Labute approximate surface area is 404 Å². The number of alkyl halides is 6. The molecule has 0 spiro atoms. The third-order valence-corrected chi connectivity index (χ3v) is 12.4. The van der Waals surface area contributed by atoms with Crippen molar-refractivity contribution in [3.05, 3.63) is 180 Å². The van der Waals surface area contributed by atoms with Crippen molar-refractivity contribution in [3.8, 4) is 35.3 Å². The molecule has 0 bridgehead atoms. The Morgan fingerprint density at radius 1 is 0.389 bits per heavy atom. The number of ether oxygens (including phenoxy) is 3. The Bertz CT molecular complexity index is 3310. The lowest BCUT2D eigenvalue weighted by molar-refractivity contribution is -0.0606. The maximum atomic E-state index is 14.1. The van der Waals surface area contributed by atoms with Gasteiger partial charge < -0.3 is 14.2 Å². The van der Waals surface area contributed by atoms with E-state index in [-0.39, 0.29) is 27.9 Å². The van der Waals surface area contributed by atoms with Gasteiger partial charge in [-0.05, 0) is 122 Å². The molecular formula is C45H30F6N6O12S3. The van der Waals surface area contributed by atoms with E-state index in [1.165, 1.54) is 91.9 Å². The van der Waals surface area contributed by atoms with Crippen LogP contribution in [0, 0.1) is 0 Å². The summed E-state index contributed by atoms with van der Waals surface area (Å²) in [7, 11) is -13.7. The number of rotatable bonds is 18. The van der Waals surface area contributed by atoms with Crippen LogP contribution in [0.2, 0.25) is 0 Å². The molecule has 0 aliphatic rings. The molecule has 372 valence electrons. The van der Waals surface area contributed by atoms with Crippen molar-refractivity contribution in [1.29, 1.82) is 0 Å². The predicted molar refractivity (Wildman–Crippen MR) is 241 cm³/mol. The van der Waals surface area contributed by atoms with Gasteiger partial charge in [-0.2, -0.15) is 51.6 Å². The van der Waals surface area contributed by atoms with Crippen LogP contribution in [-0.2, 0) is 43.2 Å². The summed E-state index contributed by atoms with van der Waals surface area (Å²) in [6.07, 6.45) is -10.4. The van der Waals surface area contributed by atoms with Gasteiger partial charge in [0.2, 0.25) is 0 Å². The van der Waals surface area contributed by atoms with Crippen LogP contribution in [0.25, 0.3) is 0 Å². The van der Waals surface area contributed by atoms with Crippen LogP contribution in [0.4, 0.5) is 26.3 Å². The molecule has 18 nitrogen and oxygen atoms in total. The van der Waals surface area contributed by atoms with Gasteiger partial charge in [0, 0.05) is 11.1 Å². The summed E-state index contributed by atoms with van der Waals surface area (Å²) in [6.45, 7) is 1.47. The fourth-order valence-corrected chi connectivity index (χ4v) is 7.94. The molecule has 72 heavy (non-hydrogen) atoms. The van der Waals surface area contributed by atoms with Crippen molar-refractivity contribution in [1.82, 2.24) is 15.0 Å². The maximum absolute atomic E-state index is 14.1. The molecule has 0 amide bonds. The third kappa shape index (κ3) is 13.5. The van der Waals surface area contributed by atoms with Crippen molar-refractivity contribution >= 4 is 47.5 Å². The van der Waals surface area contributed by atoms with Gasteiger partial charge in [0.25, 0.3) is 0 Å². The van der Waals surface area contributed by atoms with Crippen molar-refractivity contribution in [2.45, 2.75) is 34.0 Å². The van der Waals surface area contributed by atoms with Crippen LogP contribution in [0.3, 0.4) is 0 Å². The maximum Gasteiger partial charge on any atom is 0.437 e. The molecule has 0 saturated heterocycles. The summed E-state index contributed by atoms with van der Waals surface area (Å²) in [6, 6.07) is 31.4. The minimum atomic E-state index is -5.21. The van der Waals surface area contributed by atoms with E-state index in [2.05, 4.69) is 39.0 Å². The van der Waals surface area contributed by atoms with E-state index in [0.29, 0.717) is 5.56 Å². The van der Waals surface area contributed by atoms with Crippen LogP contribution in [0.15, 0.2) is 194 Å². The number of aromatic nitrogens is 3. The van der Waals surface area contributed by atoms with E-state index in [0.717, 1.165) is 72.8 Å². The quantitative estimate of drug-likeness (QED) is 0.0442. The van der Waals surface area contributed by atoms with Crippen LogP contribution in [0.5, 0.6) is 35.3 Å². The largest absolute Gasteiger partial charge is 0.437 e. The van der Waals surface area contributed by atoms with E-state index in [1.807, 2.05) is 0 Å². The summed E-state index contributed by atoms with van der Waals surface area (Å²) in [5.41, 5.74) is -4.22. The first kappa shape index (κ1) is 51.4. The molecule has 0 fully saturated rings. The fraction of sp³-hybridized carbons (Fsp3) is 0.0667. The van der Waals surface area contributed by atoms with Gasteiger partial charge in [0.15, 0.2) is 11.4 Å². The minimum absolute atomic E-state index is 0.0483. The standard InChI is InChI=1S/C45H30F6N6O12S3/c1-29(55-67-70(58,59)36-11-5-2-6-12-36)30-17-23-33(24-18-30)64-41-52-42(65-34-25-19-31(20-26-34)39(44(46,47)48)56-68-71(60,61)37-13-7-3-8-14-37)54-43(53-41)66-35-27-21-32(22-28-35)40(45(49,50)51)57-69-72(62,63)38-15-9-4-10-16-38/h2-28H,1H3/b55-29+,56-39-,57-40-. The van der Waals surface area contributed by atoms with Crippen molar-refractivity contribution in [3.63, 3.8) is 0 Å². The van der Waals surface area contributed by atoms with Gasteiger partial charge in [-0.25, -0.2) is 0 Å². The first-order valence-electron chi connectivity index (χ1n) is 20.0. The Morgan fingerprint density at radius 2 is 0.653 bits per heavy atom. The number of hydrogen-bond acceptors (Lipinski definition) is 18. The van der Waals surface area contributed by atoms with E-state index in [1.54, 1.807) is 6.07 Å². The molecule has 7 aromatic rings. The lowest BCUT2D eigenvalue weighted by Crippen LogP contribution is -2.25. The van der Waals surface area contributed by atoms with Crippen molar-refractivity contribution < 1.29 is 78.7 Å². The van der Waals surface area contributed by atoms with Gasteiger partial charge in [0.05, 0.1) is 5.71 Å². The Hall–Kier alpha value is -8.43. The summed E-state index contributed by atoms with van der Waals surface area (Å²) >= 11 is 0.